The van der Waals surface area contributed by atoms with Gasteiger partial charge in [0.25, 0.3) is 11.7 Å². The lowest BCUT2D eigenvalue weighted by Crippen LogP contribution is -2.82. The molecule has 3 amide bonds. The van der Waals surface area contributed by atoms with Gasteiger partial charge in [0.2, 0.25) is 5.92 Å². The summed E-state index contributed by atoms with van der Waals surface area (Å²) in [5, 5.41) is 9.40. The molecule has 3 rings (SSSR count). The number of carbonyl (C=O) groups is 2. The first kappa shape index (κ1) is 18.1. The zero-order valence-corrected chi connectivity index (χ0v) is 15.0. The van der Waals surface area contributed by atoms with Crippen molar-refractivity contribution in [3.05, 3.63) is 35.9 Å². The Morgan fingerprint density at radius 2 is 1.96 bits per heavy atom. The number of amides is 3. The number of amidine groups is 1. The van der Waals surface area contributed by atoms with Crippen LogP contribution in [0.3, 0.4) is 0 Å². The monoisotopic (exact) mass is 355 g/mol. The maximum Gasteiger partial charge on any atom is 0.417 e. The van der Waals surface area contributed by atoms with Gasteiger partial charge in [-0.05, 0) is 18.4 Å². The summed E-state index contributed by atoms with van der Waals surface area (Å²) in [6, 6.07) is 11.6. The van der Waals surface area contributed by atoms with E-state index < -0.39 is 17.9 Å². The molecule has 2 fully saturated rings. The summed E-state index contributed by atoms with van der Waals surface area (Å²) < 4.78 is 5.99. The zero-order chi connectivity index (χ0) is 18.7. The van der Waals surface area contributed by atoms with Crippen molar-refractivity contribution in [2.45, 2.75) is 18.9 Å². The van der Waals surface area contributed by atoms with E-state index in [-0.39, 0.29) is 12.0 Å². The van der Waals surface area contributed by atoms with Crippen molar-refractivity contribution in [3.63, 3.8) is 0 Å². The summed E-state index contributed by atoms with van der Waals surface area (Å²) in [6.45, 7) is 1.25. The number of carbonyl (C=O) groups excluding carboxylic acids is 2. The molecule has 0 aromatic heterocycles. The number of ether oxygens (including phenoxy) is 1. The Morgan fingerprint density at radius 1 is 1.23 bits per heavy atom. The van der Waals surface area contributed by atoms with Crippen LogP contribution in [0.5, 0.6) is 0 Å². The molecule has 0 bridgehead atoms. The van der Waals surface area contributed by atoms with Crippen LogP contribution in [0.1, 0.15) is 24.5 Å². The third-order valence-corrected chi connectivity index (χ3v) is 5.03. The third kappa shape index (κ3) is 3.33. The normalized spacial score (nSPS) is 28.3. The van der Waals surface area contributed by atoms with Gasteiger partial charge in [-0.1, -0.05) is 30.3 Å². The molecule has 2 aliphatic rings. The molecule has 2 saturated heterocycles. The average Bonchev–Trinajstić information content (AvgIpc) is 2.69. The fourth-order valence-corrected chi connectivity index (χ4v) is 3.56. The molecule has 3 atom stereocenters. The molecule has 3 unspecified atom stereocenters. The van der Waals surface area contributed by atoms with Crippen LogP contribution < -0.4 is 4.99 Å². The first-order chi connectivity index (χ1) is 12.5. The Bertz CT molecular complexity index is 756. The maximum atomic E-state index is 12.2. The molecule has 1 N–H and O–H groups in total. The van der Waals surface area contributed by atoms with E-state index in [0.29, 0.717) is 12.4 Å². The van der Waals surface area contributed by atoms with Gasteiger partial charge in [0.15, 0.2) is 0 Å². The Balaban J connectivity index is 1.83. The summed E-state index contributed by atoms with van der Waals surface area (Å²) >= 11 is 0. The van der Waals surface area contributed by atoms with Gasteiger partial charge in [-0.2, -0.15) is 10.2 Å². The van der Waals surface area contributed by atoms with Gasteiger partial charge >= 0.3 is 6.03 Å². The lowest BCUT2D eigenvalue weighted by atomic mass is 9.89. The minimum absolute atomic E-state index is 0.0402. The van der Waals surface area contributed by atoms with Crippen molar-refractivity contribution in [3.8, 4) is 6.07 Å². The van der Waals surface area contributed by atoms with Crippen molar-refractivity contribution in [2.24, 2.45) is 11.8 Å². The molecule has 7 nitrogen and oxygen atoms in total. The van der Waals surface area contributed by atoms with Crippen LogP contribution in [-0.2, 0) is 9.53 Å². The second-order valence-corrected chi connectivity index (χ2v) is 6.67. The second-order valence-electron chi connectivity index (χ2n) is 6.67. The topological polar surface area (TPSA) is 87.6 Å². The number of hydrogen-bond acceptors (Lipinski definition) is 4. The van der Waals surface area contributed by atoms with E-state index in [9.17, 15) is 14.9 Å². The van der Waals surface area contributed by atoms with Crippen LogP contribution in [-0.4, -0.2) is 54.8 Å². The van der Waals surface area contributed by atoms with Gasteiger partial charge in [0.05, 0.1) is 25.8 Å². The standard InChI is InChI=1S/C19H22N4O3/c1-22-17(15(11-20)18(24)23(2)19(22)25)21-12-14-9-6-10-26-16(14)13-7-4-3-5-8-13/h3-5,7-8,14-16H,6,9-10,12H2,1-2H3/p+1. The highest BCUT2D eigenvalue weighted by molar-refractivity contribution is 6.17. The number of benzene rings is 1. The second kappa shape index (κ2) is 7.67. The van der Waals surface area contributed by atoms with Crippen molar-refractivity contribution < 1.29 is 19.3 Å². The van der Waals surface area contributed by atoms with Crippen molar-refractivity contribution in [1.29, 1.82) is 5.26 Å². The molecule has 7 heteroatoms. The predicted molar refractivity (Wildman–Crippen MR) is 93.7 cm³/mol. The molecule has 0 radical (unpaired) electrons. The van der Waals surface area contributed by atoms with Crippen LogP contribution in [0.4, 0.5) is 4.79 Å². The number of nitrogens with one attached hydrogen (secondary N) is 1. The molecule has 1 aromatic rings. The van der Waals surface area contributed by atoms with E-state index in [1.807, 2.05) is 36.4 Å². The lowest BCUT2D eigenvalue weighted by molar-refractivity contribution is -0.478. The van der Waals surface area contributed by atoms with E-state index in [4.69, 9.17) is 4.74 Å². The van der Waals surface area contributed by atoms with E-state index in [1.54, 1.807) is 7.05 Å². The number of nitrogens with zero attached hydrogens (tertiary/aromatic N) is 3. The molecule has 2 aliphatic heterocycles. The van der Waals surface area contributed by atoms with Gasteiger partial charge < -0.3 is 4.74 Å². The number of nitriles is 1. The van der Waals surface area contributed by atoms with Crippen LogP contribution in [0.15, 0.2) is 30.3 Å². The van der Waals surface area contributed by atoms with Crippen molar-refractivity contribution >= 4 is 17.8 Å². The molecule has 26 heavy (non-hydrogen) atoms. The largest absolute Gasteiger partial charge is 0.417 e. The molecular formula is C19H23N4O3+. The van der Waals surface area contributed by atoms with E-state index in [0.717, 1.165) is 29.9 Å². The Morgan fingerprint density at radius 3 is 2.65 bits per heavy atom. The quantitative estimate of drug-likeness (QED) is 0.845. The van der Waals surface area contributed by atoms with Gasteiger partial charge in [0.1, 0.15) is 0 Å². The highest BCUT2D eigenvalue weighted by Crippen LogP contribution is 2.32. The van der Waals surface area contributed by atoms with Crippen molar-refractivity contribution in [2.75, 3.05) is 27.2 Å². The molecule has 2 heterocycles. The molecule has 0 saturated carbocycles. The smallest absolute Gasteiger partial charge is 0.373 e. The Labute approximate surface area is 152 Å². The van der Waals surface area contributed by atoms with E-state index in [1.165, 1.54) is 11.9 Å². The highest BCUT2D eigenvalue weighted by atomic mass is 16.5. The first-order valence-electron chi connectivity index (χ1n) is 8.76. The van der Waals surface area contributed by atoms with Gasteiger partial charge in [-0.25, -0.2) is 9.69 Å². The minimum Gasteiger partial charge on any atom is -0.373 e. The number of imide groups is 1. The number of hydrogen-bond donors (Lipinski definition) is 1. The minimum atomic E-state index is -0.998. The average molecular weight is 355 g/mol. The van der Waals surface area contributed by atoms with Crippen molar-refractivity contribution in [1.82, 2.24) is 9.80 Å². The van der Waals surface area contributed by atoms with Crippen LogP contribution >= 0.6 is 0 Å². The Hall–Kier alpha value is -2.72. The van der Waals surface area contributed by atoms with Gasteiger partial charge in [-0.3, -0.25) is 9.79 Å². The summed E-state index contributed by atoms with van der Waals surface area (Å²) in [4.78, 5) is 29.9. The van der Waals surface area contributed by atoms with Crippen LogP contribution in [0, 0.1) is 23.2 Å². The maximum absolute atomic E-state index is 12.2. The predicted octanol–water partition coefficient (Wildman–Crippen LogP) is 0.297. The Kier molecular flexibility index (Phi) is 5.33. The molecular weight excluding hydrogens is 332 g/mol. The van der Waals surface area contributed by atoms with Gasteiger partial charge in [0, 0.05) is 19.6 Å². The van der Waals surface area contributed by atoms with Crippen LogP contribution in [0.25, 0.3) is 0 Å². The summed E-state index contributed by atoms with van der Waals surface area (Å²) in [5.41, 5.74) is 1.12. The fraction of sp³-hybridized carbons (Fsp3) is 0.474. The molecule has 136 valence electrons. The summed E-state index contributed by atoms with van der Waals surface area (Å²) in [5.74, 6) is -0.964. The highest BCUT2D eigenvalue weighted by Gasteiger charge is 2.47. The third-order valence-electron chi connectivity index (χ3n) is 5.03. The zero-order valence-electron chi connectivity index (χ0n) is 15.0. The molecule has 0 aliphatic carbocycles. The van der Waals surface area contributed by atoms with Gasteiger partial charge in [-0.15, -0.1) is 0 Å². The summed E-state index contributed by atoms with van der Waals surface area (Å²) in [6.07, 6.45) is 1.90. The fourth-order valence-electron chi connectivity index (χ4n) is 3.56. The lowest BCUT2D eigenvalue weighted by Gasteiger charge is -2.31. The van der Waals surface area contributed by atoms with E-state index in [2.05, 4.69) is 4.99 Å². The SMILES string of the molecule is CN1C(=O)C(C#N)C(=[NH+]CC2CCCOC2c2ccccc2)N(C)C1=O. The molecule has 0 spiro atoms. The van der Waals surface area contributed by atoms with Crippen LogP contribution in [0.2, 0.25) is 0 Å². The first-order valence-corrected chi connectivity index (χ1v) is 8.76. The summed E-state index contributed by atoms with van der Waals surface area (Å²) in [7, 11) is 2.96. The molecule has 1 aromatic carbocycles. The number of urea groups is 1. The van der Waals surface area contributed by atoms with E-state index >= 15 is 0 Å². The number of rotatable bonds is 3.